The number of benzene rings is 1. The number of hydrogen-bond donors (Lipinski definition) is 1. The number of H-pyrrole nitrogens is 1. The monoisotopic (exact) mass is 373 g/mol. The Balaban J connectivity index is 1.84. The fraction of sp³-hybridized carbons (Fsp3) is 0.450. The summed E-state index contributed by atoms with van der Waals surface area (Å²) in [5, 5.41) is 0. The predicted molar refractivity (Wildman–Crippen MR) is 102 cm³/mol. The lowest BCUT2D eigenvalue weighted by Gasteiger charge is -2.33. The maximum Gasteiger partial charge on any atom is 0.256 e. The lowest BCUT2D eigenvalue weighted by Crippen LogP contribution is -2.46. The maximum atomic E-state index is 12.6. The van der Waals surface area contributed by atoms with Crippen molar-refractivity contribution in [3.05, 3.63) is 62.8 Å². The summed E-state index contributed by atoms with van der Waals surface area (Å²) in [7, 11) is 0. The van der Waals surface area contributed by atoms with Crippen LogP contribution in [0.2, 0.25) is 0 Å². The van der Waals surface area contributed by atoms with Gasteiger partial charge < -0.3 is 9.88 Å². The molecule has 0 radical (unpaired) electrons. The fourth-order valence-electron chi connectivity index (χ4n) is 3.21. The molecule has 3 rings (SSSR count). The Morgan fingerprint density at radius 2 is 2.08 bits per heavy atom. The number of alkyl halides is 1. The zero-order chi connectivity index (χ0) is 18.9. The molecule has 1 aromatic carbocycles. The molecule has 1 aliphatic rings. The van der Waals surface area contributed by atoms with Crippen LogP contribution in [0.15, 0.2) is 29.1 Å². The number of aromatic nitrogens is 2. The number of carbonyl (C=O) groups is 1. The van der Waals surface area contributed by atoms with Gasteiger partial charge in [-0.1, -0.05) is 24.3 Å². The van der Waals surface area contributed by atoms with Crippen molar-refractivity contribution in [2.24, 2.45) is 5.41 Å². The zero-order valence-corrected chi connectivity index (χ0v) is 16.2. The molecule has 0 fully saturated rings. The molecule has 1 aliphatic heterocycles. The van der Waals surface area contributed by atoms with Crippen LogP contribution in [0.5, 0.6) is 0 Å². The van der Waals surface area contributed by atoms with Gasteiger partial charge in [-0.3, -0.25) is 9.59 Å². The van der Waals surface area contributed by atoms with Gasteiger partial charge in [-0.15, -0.1) is 11.6 Å². The smallest absolute Gasteiger partial charge is 0.256 e. The molecule has 2 heterocycles. The number of nitrogens with one attached hydrogen (secondary N) is 1. The van der Waals surface area contributed by atoms with Gasteiger partial charge in [0.15, 0.2) is 0 Å². The Labute approximate surface area is 158 Å². The lowest BCUT2D eigenvalue weighted by atomic mass is 9.93. The van der Waals surface area contributed by atoms with E-state index in [1.165, 1.54) is 5.56 Å². The Morgan fingerprint density at radius 3 is 2.77 bits per heavy atom. The van der Waals surface area contributed by atoms with Gasteiger partial charge in [-0.05, 0) is 31.9 Å². The largest absolute Gasteiger partial charge is 0.337 e. The molecule has 1 N–H and O–H groups in total. The molecule has 0 saturated carbocycles. The Bertz CT molecular complexity index is 889. The van der Waals surface area contributed by atoms with Crippen LogP contribution < -0.4 is 5.56 Å². The van der Waals surface area contributed by atoms with Crippen molar-refractivity contribution in [3.63, 3.8) is 0 Å². The molecular weight excluding hydrogens is 350 g/mol. The highest BCUT2D eigenvalue weighted by atomic mass is 35.5. The van der Waals surface area contributed by atoms with Gasteiger partial charge in [-0.2, -0.15) is 0 Å². The SMILES string of the molecule is Cc1ccccc1Cc1nc2c(c(=O)[nH]1)CN(C(=O)C(C)(C)CCl)CC2. The molecule has 2 aromatic rings. The van der Waals surface area contributed by atoms with Crippen LogP contribution in [-0.4, -0.2) is 33.2 Å². The summed E-state index contributed by atoms with van der Waals surface area (Å²) in [5.41, 5.74) is 2.91. The highest BCUT2D eigenvalue weighted by Crippen LogP contribution is 2.24. The van der Waals surface area contributed by atoms with Crippen LogP contribution >= 0.6 is 11.6 Å². The number of amides is 1. The van der Waals surface area contributed by atoms with Gasteiger partial charge in [0, 0.05) is 25.3 Å². The molecule has 5 nitrogen and oxygen atoms in total. The van der Waals surface area contributed by atoms with E-state index in [0.29, 0.717) is 37.3 Å². The quantitative estimate of drug-likeness (QED) is 0.838. The molecule has 0 spiro atoms. The number of carbonyl (C=O) groups excluding carboxylic acids is 1. The second-order valence-corrected chi connectivity index (χ2v) is 7.80. The average molecular weight is 374 g/mol. The Morgan fingerprint density at radius 1 is 1.35 bits per heavy atom. The topological polar surface area (TPSA) is 66.1 Å². The van der Waals surface area contributed by atoms with Crippen LogP contribution in [0, 0.1) is 12.3 Å². The first kappa shape index (κ1) is 18.6. The third-order valence-corrected chi connectivity index (χ3v) is 5.61. The molecule has 138 valence electrons. The van der Waals surface area contributed by atoms with Crippen LogP contribution in [-0.2, 0) is 24.2 Å². The first-order valence-corrected chi connectivity index (χ1v) is 9.36. The zero-order valence-electron chi connectivity index (χ0n) is 15.4. The second kappa shape index (κ2) is 7.23. The number of halogens is 1. The van der Waals surface area contributed by atoms with Gasteiger partial charge in [-0.25, -0.2) is 4.98 Å². The molecule has 0 atom stereocenters. The summed E-state index contributed by atoms with van der Waals surface area (Å²) in [6.45, 7) is 6.55. The molecular formula is C20H24ClN3O2. The number of hydrogen-bond acceptors (Lipinski definition) is 3. The Kier molecular flexibility index (Phi) is 5.19. The molecule has 0 bridgehead atoms. The van der Waals surface area contributed by atoms with E-state index in [1.807, 2.05) is 45.0 Å². The van der Waals surface area contributed by atoms with Crippen molar-refractivity contribution in [3.8, 4) is 0 Å². The summed E-state index contributed by atoms with van der Waals surface area (Å²) in [5.74, 6) is 0.893. The van der Waals surface area contributed by atoms with Crippen molar-refractivity contribution in [2.75, 3.05) is 12.4 Å². The number of nitrogens with zero attached hydrogens (tertiary/aromatic N) is 2. The molecule has 0 unspecified atom stereocenters. The summed E-state index contributed by atoms with van der Waals surface area (Å²) in [6, 6.07) is 8.08. The summed E-state index contributed by atoms with van der Waals surface area (Å²) in [6.07, 6.45) is 1.18. The van der Waals surface area contributed by atoms with E-state index in [0.717, 1.165) is 11.3 Å². The first-order chi connectivity index (χ1) is 12.3. The van der Waals surface area contributed by atoms with Crippen molar-refractivity contribution in [1.29, 1.82) is 0 Å². The van der Waals surface area contributed by atoms with E-state index >= 15 is 0 Å². The van der Waals surface area contributed by atoms with Crippen LogP contribution in [0.25, 0.3) is 0 Å². The van der Waals surface area contributed by atoms with Gasteiger partial charge in [0.25, 0.3) is 5.56 Å². The molecule has 1 aromatic heterocycles. The number of aryl methyl sites for hydroxylation is 1. The first-order valence-electron chi connectivity index (χ1n) is 8.82. The predicted octanol–water partition coefficient (Wildman–Crippen LogP) is 2.82. The van der Waals surface area contributed by atoms with Crippen molar-refractivity contribution in [1.82, 2.24) is 14.9 Å². The summed E-state index contributed by atoms with van der Waals surface area (Å²) in [4.78, 5) is 34.5. The average Bonchev–Trinajstić information content (AvgIpc) is 2.63. The number of aromatic amines is 1. The summed E-state index contributed by atoms with van der Waals surface area (Å²) < 4.78 is 0. The number of rotatable bonds is 4. The van der Waals surface area contributed by atoms with Gasteiger partial charge in [0.2, 0.25) is 5.91 Å². The van der Waals surface area contributed by atoms with E-state index in [-0.39, 0.29) is 17.3 Å². The van der Waals surface area contributed by atoms with E-state index in [9.17, 15) is 9.59 Å². The third-order valence-electron chi connectivity index (χ3n) is 4.94. The van der Waals surface area contributed by atoms with Crippen LogP contribution in [0.1, 0.15) is 42.1 Å². The van der Waals surface area contributed by atoms with E-state index < -0.39 is 5.41 Å². The lowest BCUT2D eigenvalue weighted by molar-refractivity contribution is -0.140. The summed E-state index contributed by atoms with van der Waals surface area (Å²) >= 11 is 5.92. The molecule has 0 saturated heterocycles. The molecule has 6 heteroatoms. The van der Waals surface area contributed by atoms with Gasteiger partial charge in [0.1, 0.15) is 5.82 Å². The standard InChI is InChI=1S/C20H24ClN3O2/c1-13-6-4-5-7-14(13)10-17-22-16-8-9-24(11-15(16)18(25)23-17)19(26)20(2,3)12-21/h4-7H,8-12H2,1-3H3,(H,22,23,25). The van der Waals surface area contributed by atoms with Crippen LogP contribution in [0.4, 0.5) is 0 Å². The minimum absolute atomic E-state index is 0.0264. The van der Waals surface area contributed by atoms with Crippen molar-refractivity contribution < 1.29 is 4.79 Å². The van der Waals surface area contributed by atoms with Crippen molar-refractivity contribution in [2.45, 2.75) is 40.2 Å². The van der Waals surface area contributed by atoms with E-state index in [1.54, 1.807) is 4.90 Å². The van der Waals surface area contributed by atoms with Crippen molar-refractivity contribution >= 4 is 17.5 Å². The maximum absolute atomic E-state index is 12.6. The minimum Gasteiger partial charge on any atom is -0.337 e. The fourth-order valence-corrected chi connectivity index (χ4v) is 3.32. The highest BCUT2D eigenvalue weighted by molar-refractivity contribution is 6.19. The molecule has 0 aliphatic carbocycles. The van der Waals surface area contributed by atoms with Crippen LogP contribution in [0.3, 0.4) is 0 Å². The minimum atomic E-state index is -0.635. The highest BCUT2D eigenvalue weighted by Gasteiger charge is 2.34. The van der Waals surface area contributed by atoms with Gasteiger partial charge in [0.05, 0.1) is 23.2 Å². The Hall–Kier alpha value is -2.14. The van der Waals surface area contributed by atoms with E-state index in [2.05, 4.69) is 9.97 Å². The second-order valence-electron chi connectivity index (χ2n) is 7.54. The molecule has 1 amide bonds. The normalized spacial score (nSPS) is 14.2. The molecule has 26 heavy (non-hydrogen) atoms. The number of fused-ring (bicyclic) bond motifs is 1. The third kappa shape index (κ3) is 3.68. The van der Waals surface area contributed by atoms with Gasteiger partial charge >= 0.3 is 0 Å². The van der Waals surface area contributed by atoms with E-state index in [4.69, 9.17) is 11.6 Å².